The van der Waals surface area contributed by atoms with E-state index in [2.05, 4.69) is 109 Å². The zero-order valence-electron chi connectivity index (χ0n) is 17.7. The number of aromatic nitrogens is 1. The van der Waals surface area contributed by atoms with Gasteiger partial charge in [0.2, 0.25) is 6.71 Å². The third-order valence-electron chi connectivity index (χ3n) is 7.53. The topological polar surface area (TPSA) is 17.3 Å². The predicted molar refractivity (Wildman–Crippen MR) is 133 cm³/mol. The molecule has 146 valence electrons. The van der Waals surface area contributed by atoms with Gasteiger partial charge in [0.05, 0.1) is 11.2 Å². The van der Waals surface area contributed by atoms with Crippen molar-refractivity contribution in [2.45, 2.75) is 19.3 Å². The maximum atomic E-state index is 4.19. The van der Waals surface area contributed by atoms with Gasteiger partial charge in [-0.2, -0.15) is 0 Å². The molecule has 2 nitrogen and oxygen atoms in total. The van der Waals surface area contributed by atoms with Gasteiger partial charge >= 0.3 is 0 Å². The second-order valence-corrected chi connectivity index (χ2v) is 9.32. The van der Waals surface area contributed by atoms with E-state index in [1.54, 1.807) is 0 Å². The number of benzene rings is 4. The standard InChI is InChI=1S/C28H21BN2/c1-28(2)20-9-4-5-11-22(20)29-23-12-6-8-18-19-16-17(30-3)14-15-24(19)31(27(18)23)25-13-7-10-21(28)26(25)29/h4-16H,3H2,1-2H3. The van der Waals surface area contributed by atoms with Gasteiger partial charge in [-0.3, -0.25) is 4.99 Å². The number of para-hydroxylation sites is 1. The van der Waals surface area contributed by atoms with E-state index in [1.165, 1.54) is 55.0 Å². The van der Waals surface area contributed by atoms with Crippen molar-refractivity contribution < 1.29 is 0 Å². The Labute approximate surface area is 181 Å². The molecule has 0 unspecified atom stereocenters. The lowest BCUT2D eigenvalue weighted by atomic mass is 9.30. The van der Waals surface area contributed by atoms with Crippen LogP contribution in [-0.4, -0.2) is 18.0 Å². The van der Waals surface area contributed by atoms with E-state index in [0.29, 0.717) is 0 Å². The molecular formula is C28H21BN2. The first kappa shape index (κ1) is 17.1. The van der Waals surface area contributed by atoms with Crippen molar-refractivity contribution in [1.29, 1.82) is 0 Å². The van der Waals surface area contributed by atoms with Crippen LogP contribution in [0.5, 0.6) is 0 Å². The van der Waals surface area contributed by atoms with E-state index in [4.69, 9.17) is 0 Å². The van der Waals surface area contributed by atoms with Crippen molar-refractivity contribution in [3.8, 4) is 5.69 Å². The van der Waals surface area contributed by atoms with Gasteiger partial charge < -0.3 is 4.57 Å². The minimum atomic E-state index is -0.0350. The molecule has 3 heterocycles. The molecule has 2 aliphatic rings. The molecular weight excluding hydrogens is 375 g/mol. The molecule has 0 aliphatic carbocycles. The van der Waals surface area contributed by atoms with Crippen molar-refractivity contribution in [2.24, 2.45) is 4.99 Å². The van der Waals surface area contributed by atoms with Crippen LogP contribution in [0.15, 0.2) is 83.9 Å². The molecule has 0 atom stereocenters. The highest BCUT2D eigenvalue weighted by molar-refractivity contribution is 6.99. The molecule has 2 aliphatic heterocycles. The molecule has 1 aromatic heterocycles. The Kier molecular flexibility index (Phi) is 3.07. The van der Waals surface area contributed by atoms with E-state index in [-0.39, 0.29) is 12.1 Å². The molecule has 0 spiro atoms. The zero-order chi connectivity index (χ0) is 20.9. The summed E-state index contributed by atoms with van der Waals surface area (Å²) in [5.41, 5.74) is 11.9. The molecule has 3 heteroatoms. The Morgan fingerprint density at radius 3 is 2.45 bits per heavy atom. The van der Waals surface area contributed by atoms with E-state index in [9.17, 15) is 0 Å². The summed E-state index contributed by atoms with van der Waals surface area (Å²) in [5.74, 6) is 0. The van der Waals surface area contributed by atoms with E-state index in [1.807, 2.05) is 0 Å². The van der Waals surface area contributed by atoms with Gasteiger partial charge in [0.15, 0.2) is 0 Å². The van der Waals surface area contributed by atoms with Crippen LogP contribution >= 0.6 is 0 Å². The second kappa shape index (κ2) is 5.56. The van der Waals surface area contributed by atoms with Crippen molar-refractivity contribution in [2.75, 3.05) is 0 Å². The van der Waals surface area contributed by atoms with Crippen LogP contribution in [0.2, 0.25) is 0 Å². The van der Waals surface area contributed by atoms with Gasteiger partial charge in [0.1, 0.15) is 0 Å². The van der Waals surface area contributed by atoms with E-state index < -0.39 is 0 Å². The van der Waals surface area contributed by atoms with Crippen molar-refractivity contribution in [3.63, 3.8) is 0 Å². The quantitative estimate of drug-likeness (QED) is 0.286. The third-order valence-corrected chi connectivity index (χ3v) is 7.53. The van der Waals surface area contributed by atoms with Crippen LogP contribution in [0.1, 0.15) is 25.0 Å². The summed E-state index contributed by atoms with van der Waals surface area (Å²) in [6, 6.07) is 29.1. The van der Waals surface area contributed by atoms with E-state index >= 15 is 0 Å². The SMILES string of the molecule is C=Nc1ccc2c(c1)c1cccc3c1n2-c1cccc2c1B3c1ccccc1C2(C)C. The monoisotopic (exact) mass is 396 g/mol. The smallest absolute Gasteiger partial charge is 0.247 e. The Hall–Kier alpha value is -3.59. The van der Waals surface area contributed by atoms with Gasteiger partial charge in [-0.05, 0) is 53.0 Å². The molecule has 31 heavy (non-hydrogen) atoms. The summed E-state index contributed by atoms with van der Waals surface area (Å²) in [6.45, 7) is 8.73. The molecule has 5 aromatic rings. The van der Waals surface area contributed by atoms with E-state index in [0.717, 1.165) is 5.69 Å². The Balaban J connectivity index is 1.74. The maximum Gasteiger partial charge on any atom is 0.247 e. The highest BCUT2D eigenvalue weighted by Crippen LogP contribution is 2.39. The van der Waals surface area contributed by atoms with Gasteiger partial charge in [-0.25, -0.2) is 0 Å². The summed E-state index contributed by atoms with van der Waals surface area (Å²) in [6.07, 6.45) is 0. The summed E-state index contributed by atoms with van der Waals surface area (Å²) < 4.78 is 2.48. The summed E-state index contributed by atoms with van der Waals surface area (Å²) in [4.78, 5) is 4.19. The average Bonchev–Trinajstić information content (AvgIpc) is 3.14. The predicted octanol–water partition coefficient (Wildman–Crippen LogP) is 4.58. The molecule has 0 fully saturated rings. The van der Waals surface area contributed by atoms with Crippen LogP contribution in [0.3, 0.4) is 0 Å². The Morgan fingerprint density at radius 1 is 0.806 bits per heavy atom. The molecule has 0 saturated heterocycles. The van der Waals surface area contributed by atoms with Crippen molar-refractivity contribution in [1.82, 2.24) is 4.57 Å². The summed E-state index contributed by atoms with van der Waals surface area (Å²) in [7, 11) is 0. The van der Waals surface area contributed by atoms with Crippen LogP contribution in [-0.2, 0) is 5.41 Å². The van der Waals surface area contributed by atoms with Crippen LogP contribution < -0.4 is 16.4 Å². The summed E-state index contributed by atoms with van der Waals surface area (Å²) in [5, 5.41) is 2.53. The normalized spacial score (nSPS) is 15.1. The first-order chi connectivity index (χ1) is 15.1. The molecule has 4 aromatic carbocycles. The second-order valence-electron chi connectivity index (χ2n) is 9.32. The maximum absolute atomic E-state index is 4.19. The highest BCUT2D eigenvalue weighted by atomic mass is 15.0. The number of aliphatic imine (C=N–C) groups is 1. The minimum absolute atomic E-state index is 0.0350. The largest absolute Gasteiger partial charge is 0.310 e. The number of fused-ring (bicyclic) bond motifs is 7. The van der Waals surface area contributed by atoms with Crippen molar-refractivity contribution in [3.05, 3.63) is 90.0 Å². The van der Waals surface area contributed by atoms with Gasteiger partial charge in [-0.15, -0.1) is 0 Å². The fourth-order valence-corrected chi connectivity index (χ4v) is 6.20. The van der Waals surface area contributed by atoms with Crippen molar-refractivity contribution >= 4 is 57.3 Å². The lowest BCUT2D eigenvalue weighted by Crippen LogP contribution is -2.63. The molecule has 0 amide bonds. The average molecular weight is 396 g/mol. The molecule has 7 rings (SSSR count). The number of nitrogens with zero attached hydrogens (tertiary/aromatic N) is 2. The third kappa shape index (κ3) is 1.93. The first-order valence-electron chi connectivity index (χ1n) is 10.9. The lowest BCUT2D eigenvalue weighted by Gasteiger charge is -2.41. The van der Waals surface area contributed by atoms with Gasteiger partial charge in [-0.1, -0.05) is 73.9 Å². The number of rotatable bonds is 1. The first-order valence-corrected chi connectivity index (χ1v) is 10.9. The number of hydrogen-bond acceptors (Lipinski definition) is 1. The van der Waals surface area contributed by atoms with Crippen LogP contribution in [0.4, 0.5) is 5.69 Å². The van der Waals surface area contributed by atoms with Gasteiger partial charge in [0, 0.05) is 27.4 Å². The number of hydrogen-bond donors (Lipinski definition) is 0. The Bertz CT molecular complexity index is 1590. The molecule has 0 radical (unpaired) electrons. The molecule has 0 saturated carbocycles. The Morgan fingerprint density at radius 2 is 1.58 bits per heavy atom. The molecule has 0 N–H and O–H groups in total. The van der Waals surface area contributed by atoms with Crippen LogP contribution in [0, 0.1) is 0 Å². The zero-order valence-corrected chi connectivity index (χ0v) is 17.7. The highest BCUT2D eigenvalue weighted by Gasteiger charge is 2.44. The lowest BCUT2D eigenvalue weighted by molar-refractivity contribution is 0.645. The fourth-order valence-electron chi connectivity index (χ4n) is 6.20. The summed E-state index contributed by atoms with van der Waals surface area (Å²) >= 11 is 0. The van der Waals surface area contributed by atoms with Gasteiger partial charge in [0.25, 0.3) is 0 Å². The molecule has 0 bridgehead atoms. The van der Waals surface area contributed by atoms with Crippen LogP contribution in [0.25, 0.3) is 27.5 Å². The minimum Gasteiger partial charge on any atom is -0.310 e. The fraction of sp³-hybridized carbons (Fsp3) is 0.107.